The molecule has 0 spiro atoms. The highest BCUT2D eigenvalue weighted by molar-refractivity contribution is 7.10. The number of nitrogens with one attached hydrogen (secondary N) is 1. The Balaban J connectivity index is 1.60. The van der Waals surface area contributed by atoms with Gasteiger partial charge in [-0.3, -0.25) is 0 Å². The van der Waals surface area contributed by atoms with Crippen molar-refractivity contribution in [3.05, 3.63) is 34.5 Å². The molecule has 108 valence electrons. The van der Waals surface area contributed by atoms with Crippen LogP contribution in [0.5, 0.6) is 0 Å². The third kappa shape index (κ3) is 3.10. The average molecular weight is 290 g/mol. The van der Waals surface area contributed by atoms with Gasteiger partial charge in [-0.25, -0.2) is 0 Å². The highest BCUT2D eigenvalue weighted by Gasteiger charge is 2.26. The summed E-state index contributed by atoms with van der Waals surface area (Å²) in [6.45, 7) is 0.964. The summed E-state index contributed by atoms with van der Waals surface area (Å²) >= 11 is 1.87. The van der Waals surface area contributed by atoms with E-state index < -0.39 is 0 Å². The fourth-order valence-corrected chi connectivity index (χ4v) is 4.03. The van der Waals surface area contributed by atoms with E-state index in [1.54, 1.807) is 6.33 Å². The Labute approximate surface area is 124 Å². The molecular weight excluding hydrogens is 268 g/mol. The van der Waals surface area contributed by atoms with Crippen LogP contribution >= 0.6 is 11.3 Å². The van der Waals surface area contributed by atoms with E-state index in [0.717, 1.165) is 24.7 Å². The highest BCUT2D eigenvalue weighted by atomic mass is 32.1. The third-order valence-electron chi connectivity index (χ3n) is 4.24. The summed E-state index contributed by atoms with van der Waals surface area (Å²) in [7, 11) is 2.00. The van der Waals surface area contributed by atoms with Gasteiger partial charge in [-0.1, -0.05) is 18.9 Å². The van der Waals surface area contributed by atoms with E-state index in [0.29, 0.717) is 6.04 Å². The van der Waals surface area contributed by atoms with Crippen molar-refractivity contribution in [3.63, 3.8) is 0 Å². The number of hydrogen-bond acceptors (Lipinski definition) is 4. The molecule has 1 N–H and O–H groups in total. The van der Waals surface area contributed by atoms with Gasteiger partial charge in [-0.05, 0) is 30.2 Å². The first-order valence-electron chi connectivity index (χ1n) is 7.44. The molecule has 20 heavy (non-hydrogen) atoms. The molecule has 1 aliphatic carbocycles. The number of hydrogen-bond donors (Lipinski definition) is 1. The molecule has 0 aromatic carbocycles. The van der Waals surface area contributed by atoms with Crippen LogP contribution in [0.15, 0.2) is 23.8 Å². The van der Waals surface area contributed by atoms with Crippen molar-refractivity contribution in [3.8, 4) is 0 Å². The SMILES string of the molecule is Cn1cnnc1CCNC(c1cccs1)C1CCCC1. The lowest BCUT2D eigenvalue weighted by Gasteiger charge is -2.23. The number of rotatable bonds is 6. The van der Waals surface area contributed by atoms with Crippen molar-refractivity contribution in [2.75, 3.05) is 6.54 Å². The molecule has 0 saturated heterocycles. The molecule has 2 aromatic rings. The Morgan fingerprint density at radius 1 is 1.45 bits per heavy atom. The van der Waals surface area contributed by atoms with Crippen molar-refractivity contribution in [2.24, 2.45) is 13.0 Å². The summed E-state index contributed by atoms with van der Waals surface area (Å²) in [5, 5.41) is 14.0. The Morgan fingerprint density at radius 3 is 2.95 bits per heavy atom. The van der Waals surface area contributed by atoms with Gasteiger partial charge >= 0.3 is 0 Å². The second-order valence-electron chi connectivity index (χ2n) is 5.60. The van der Waals surface area contributed by atoms with Crippen molar-refractivity contribution >= 4 is 11.3 Å². The summed E-state index contributed by atoms with van der Waals surface area (Å²) in [6, 6.07) is 4.95. The quantitative estimate of drug-likeness (QED) is 0.889. The van der Waals surface area contributed by atoms with Crippen molar-refractivity contribution in [1.29, 1.82) is 0 Å². The number of aryl methyl sites for hydroxylation is 1. The maximum Gasteiger partial charge on any atom is 0.133 e. The van der Waals surface area contributed by atoms with Crippen molar-refractivity contribution in [2.45, 2.75) is 38.1 Å². The lowest BCUT2D eigenvalue weighted by Crippen LogP contribution is -2.28. The lowest BCUT2D eigenvalue weighted by atomic mass is 9.96. The second-order valence-corrected chi connectivity index (χ2v) is 6.58. The van der Waals surface area contributed by atoms with Crippen LogP contribution in [-0.4, -0.2) is 21.3 Å². The molecule has 0 bridgehead atoms. The summed E-state index contributed by atoms with van der Waals surface area (Å²) in [5.41, 5.74) is 0. The van der Waals surface area contributed by atoms with Crippen molar-refractivity contribution < 1.29 is 0 Å². The summed E-state index contributed by atoms with van der Waals surface area (Å²) < 4.78 is 2.00. The van der Waals surface area contributed by atoms with Gasteiger partial charge in [0.15, 0.2) is 0 Å². The molecule has 0 radical (unpaired) electrons. The molecule has 1 aliphatic rings. The lowest BCUT2D eigenvalue weighted by molar-refractivity contribution is 0.373. The van der Waals surface area contributed by atoms with Gasteiger partial charge in [-0.15, -0.1) is 21.5 Å². The van der Waals surface area contributed by atoms with Crippen LogP contribution in [0.3, 0.4) is 0 Å². The zero-order valence-electron chi connectivity index (χ0n) is 12.0. The van der Waals surface area contributed by atoms with Gasteiger partial charge in [0.2, 0.25) is 0 Å². The zero-order valence-corrected chi connectivity index (χ0v) is 12.8. The van der Waals surface area contributed by atoms with Gasteiger partial charge < -0.3 is 9.88 Å². The summed E-state index contributed by atoms with van der Waals surface area (Å²) in [5.74, 6) is 1.85. The van der Waals surface area contributed by atoms with E-state index >= 15 is 0 Å². The average Bonchev–Trinajstić information content (AvgIpc) is 3.18. The molecule has 1 saturated carbocycles. The van der Waals surface area contributed by atoms with Gasteiger partial charge in [0.05, 0.1) is 0 Å². The van der Waals surface area contributed by atoms with E-state index in [4.69, 9.17) is 0 Å². The first kappa shape index (κ1) is 13.8. The monoisotopic (exact) mass is 290 g/mol. The van der Waals surface area contributed by atoms with Crippen molar-refractivity contribution in [1.82, 2.24) is 20.1 Å². The molecule has 2 aromatic heterocycles. The van der Waals surface area contributed by atoms with E-state index in [1.165, 1.54) is 30.6 Å². The molecule has 0 amide bonds. The van der Waals surface area contributed by atoms with Crippen LogP contribution in [0, 0.1) is 5.92 Å². The van der Waals surface area contributed by atoms with Crippen LogP contribution in [0.25, 0.3) is 0 Å². The Kier molecular flexibility index (Phi) is 4.47. The number of aromatic nitrogens is 3. The first-order chi connectivity index (χ1) is 9.84. The zero-order chi connectivity index (χ0) is 13.8. The van der Waals surface area contributed by atoms with Crippen LogP contribution in [0.1, 0.15) is 42.4 Å². The Hall–Kier alpha value is -1.20. The largest absolute Gasteiger partial charge is 0.321 e. The fraction of sp³-hybridized carbons (Fsp3) is 0.600. The molecule has 5 heteroatoms. The van der Waals surface area contributed by atoms with Crippen LogP contribution < -0.4 is 5.32 Å². The Morgan fingerprint density at radius 2 is 2.30 bits per heavy atom. The van der Waals surface area contributed by atoms with Crippen LogP contribution in [0.4, 0.5) is 0 Å². The van der Waals surface area contributed by atoms with Gasteiger partial charge in [-0.2, -0.15) is 0 Å². The second kappa shape index (κ2) is 6.50. The predicted molar refractivity (Wildman–Crippen MR) is 81.7 cm³/mol. The van der Waals surface area contributed by atoms with Crippen LogP contribution in [0.2, 0.25) is 0 Å². The van der Waals surface area contributed by atoms with E-state index in [2.05, 4.69) is 33.0 Å². The molecule has 3 rings (SSSR count). The minimum atomic E-state index is 0.519. The third-order valence-corrected chi connectivity index (χ3v) is 5.19. The fourth-order valence-electron chi connectivity index (χ4n) is 3.13. The topological polar surface area (TPSA) is 42.7 Å². The predicted octanol–water partition coefficient (Wildman–Crippen LogP) is 2.94. The molecule has 1 unspecified atom stereocenters. The first-order valence-corrected chi connectivity index (χ1v) is 8.32. The maximum absolute atomic E-state index is 4.15. The van der Waals surface area contributed by atoms with Gasteiger partial charge in [0.25, 0.3) is 0 Å². The molecule has 1 atom stereocenters. The minimum Gasteiger partial charge on any atom is -0.321 e. The van der Waals surface area contributed by atoms with E-state index in [9.17, 15) is 0 Å². The minimum absolute atomic E-state index is 0.519. The highest BCUT2D eigenvalue weighted by Crippen LogP contribution is 2.37. The Bertz CT molecular complexity index is 514. The standard InChI is InChI=1S/C15H22N4S/c1-19-11-17-18-14(19)8-9-16-15(12-5-2-3-6-12)13-7-4-10-20-13/h4,7,10-12,15-16H,2-3,5-6,8-9H2,1H3. The molecular formula is C15H22N4S. The molecule has 4 nitrogen and oxygen atoms in total. The number of nitrogens with zero attached hydrogens (tertiary/aromatic N) is 3. The summed E-state index contributed by atoms with van der Waals surface area (Å²) in [6.07, 6.45) is 8.20. The van der Waals surface area contributed by atoms with Crippen LogP contribution in [-0.2, 0) is 13.5 Å². The smallest absolute Gasteiger partial charge is 0.133 e. The van der Waals surface area contributed by atoms with Gasteiger partial charge in [0, 0.05) is 30.9 Å². The maximum atomic E-state index is 4.15. The van der Waals surface area contributed by atoms with E-state index in [1.807, 2.05) is 23.0 Å². The molecule has 0 aliphatic heterocycles. The molecule has 2 heterocycles. The van der Waals surface area contributed by atoms with E-state index in [-0.39, 0.29) is 0 Å². The molecule has 1 fully saturated rings. The number of thiophene rings is 1. The normalized spacial score (nSPS) is 17.6. The van der Waals surface area contributed by atoms with Gasteiger partial charge in [0.1, 0.15) is 12.2 Å². The summed E-state index contributed by atoms with van der Waals surface area (Å²) in [4.78, 5) is 1.48.